The van der Waals surface area contributed by atoms with Gasteiger partial charge in [0.15, 0.2) is 0 Å². The van der Waals surface area contributed by atoms with Gasteiger partial charge in [-0.1, -0.05) is 22.9 Å². The Balaban J connectivity index is 2.09. The third kappa shape index (κ3) is 2.72. The first-order valence-corrected chi connectivity index (χ1v) is 7.66. The molecule has 0 spiro atoms. The minimum atomic E-state index is 0.768. The number of nitrogens with one attached hydrogen (secondary N) is 1. The van der Waals surface area contributed by atoms with Crippen LogP contribution in [0.15, 0.2) is 53.3 Å². The third-order valence-corrected chi connectivity index (χ3v) is 4.06. The van der Waals surface area contributed by atoms with Gasteiger partial charge in [0.05, 0.1) is 0 Å². The number of nitrogens with zero attached hydrogens (tertiary/aromatic N) is 1. The standard InChI is InChI=1S/C17H16BrN3/c1-2-11-9-12(18)3-5-16(11)21-17-6-4-15(19)13-7-8-20-10-14(13)17/h3-10,21H,2,19H2,1H3. The van der Waals surface area contributed by atoms with Crippen molar-refractivity contribution in [2.45, 2.75) is 13.3 Å². The predicted octanol–water partition coefficient (Wildman–Crippen LogP) is 4.89. The Kier molecular flexibility index (Phi) is 3.80. The lowest BCUT2D eigenvalue weighted by Crippen LogP contribution is -1.97. The van der Waals surface area contributed by atoms with E-state index in [0.29, 0.717) is 0 Å². The van der Waals surface area contributed by atoms with Crippen LogP contribution >= 0.6 is 15.9 Å². The van der Waals surface area contributed by atoms with E-state index in [2.05, 4.69) is 45.3 Å². The first kappa shape index (κ1) is 13.9. The molecule has 106 valence electrons. The monoisotopic (exact) mass is 341 g/mol. The van der Waals surface area contributed by atoms with Crippen LogP contribution < -0.4 is 11.1 Å². The number of nitrogen functional groups attached to an aromatic ring is 1. The van der Waals surface area contributed by atoms with Crippen molar-refractivity contribution in [1.82, 2.24) is 4.98 Å². The van der Waals surface area contributed by atoms with Gasteiger partial charge in [-0.15, -0.1) is 0 Å². The second-order valence-electron chi connectivity index (χ2n) is 4.90. The zero-order chi connectivity index (χ0) is 14.8. The van der Waals surface area contributed by atoms with E-state index in [4.69, 9.17) is 5.73 Å². The van der Waals surface area contributed by atoms with Crippen molar-refractivity contribution in [2.75, 3.05) is 11.1 Å². The van der Waals surface area contributed by atoms with Crippen molar-refractivity contribution >= 4 is 43.8 Å². The molecule has 3 rings (SSSR count). The fraction of sp³-hybridized carbons (Fsp3) is 0.118. The lowest BCUT2D eigenvalue weighted by atomic mass is 10.1. The zero-order valence-electron chi connectivity index (χ0n) is 11.7. The molecule has 0 radical (unpaired) electrons. The van der Waals surface area contributed by atoms with E-state index >= 15 is 0 Å². The van der Waals surface area contributed by atoms with Gasteiger partial charge in [0.2, 0.25) is 0 Å². The van der Waals surface area contributed by atoms with Gasteiger partial charge in [0, 0.05) is 44.7 Å². The highest BCUT2D eigenvalue weighted by Gasteiger charge is 2.07. The minimum Gasteiger partial charge on any atom is -0.398 e. The molecule has 3 nitrogen and oxygen atoms in total. The molecule has 0 aliphatic rings. The number of hydrogen-bond donors (Lipinski definition) is 2. The molecule has 0 fully saturated rings. The maximum atomic E-state index is 6.03. The first-order valence-electron chi connectivity index (χ1n) is 6.86. The first-order chi connectivity index (χ1) is 10.2. The topological polar surface area (TPSA) is 50.9 Å². The summed E-state index contributed by atoms with van der Waals surface area (Å²) in [5.74, 6) is 0. The number of hydrogen-bond acceptors (Lipinski definition) is 3. The Hall–Kier alpha value is -2.07. The summed E-state index contributed by atoms with van der Waals surface area (Å²) in [4.78, 5) is 4.21. The van der Waals surface area contributed by atoms with Crippen LogP contribution in [0, 0.1) is 0 Å². The Morgan fingerprint density at radius 1 is 1.10 bits per heavy atom. The summed E-state index contributed by atoms with van der Waals surface area (Å²) < 4.78 is 1.09. The molecule has 0 aliphatic carbocycles. The minimum absolute atomic E-state index is 0.768. The van der Waals surface area contributed by atoms with Crippen LogP contribution in [0.3, 0.4) is 0 Å². The van der Waals surface area contributed by atoms with Crippen molar-refractivity contribution in [3.8, 4) is 0 Å². The van der Waals surface area contributed by atoms with Crippen LogP contribution in [0.2, 0.25) is 0 Å². The van der Waals surface area contributed by atoms with E-state index in [1.807, 2.05) is 30.5 Å². The van der Waals surface area contributed by atoms with Gasteiger partial charge in [-0.25, -0.2) is 0 Å². The van der Waals surface area contributed by atoms with Crippen molar-refractivity contribution < 1.29 is 0 Å². The Morgan fingerprint density at radius 2 is 1.90 bits per heavy atom. The fourth-order valence-electron chi connectivity index (χ4n) is 2.44. The summed E-state index contributed by atoms with van der Waals surface area (Å²) >= 11 is 3.52. The number of benzene rings is 2. The molecule has 4 heteroatoms. The lowest BCUT2D eigenvalue weighted by Gasteiger charge is -2.14. The predicted molar refractivity (Wildman–Crippen MR) is 93.0 cm³/mol. The molecule has 0 saturated carbocycles. The smallest absolute Gasteiger partial charge is 0.0481 e. The largest absolute Gasteiger partial charge is 0.398 e. The number of halogens is 1. The van der Waals surface area contributed by atoms with Gasteiger partial charge in [0.25, 0.3) is 0 Å². The van der Waals surface area contributed by atoms with Gasteiger partial charge < -0.3 is 11.1 Å². The zero-order valence-corrected chi connectivity index (χ0v) is 13.3. The fourth-order valence-corrected chi connectivity index (χ4v) is 2.85. The quantitative estimate of drug-likeness (QED) is 0.667. The SMILES string of the molecule is CCc1cc(Br)ccc1Nc1ccc(N)c2ccncc12. The maximum Gasteiger partial charge on any atom is 0.0481 e. The van der Waals surface area contributed by atoms with Crippen LogP contribution in [0.25, 0.3) is 10.8 Å². The summed E-state index contributed by atoms with van der Waals surface area (Å²) in [6.45, 7) is 2.15. The van der Waals surface area contributed by atoms with Crippen molar-refractivity contribution in [2.24, 2.45) is 0 Å². The highest BCUT2D eigenvalue weighted by molar-refractivity contribution is 9.10. The molecule has 0 atom stereocenters. The summed E-state index contributed by atoms with van der Waals surface area (Å²) in [5.41, 5.74) is 10.2. The summed E-state index contributed by atoms with van der Waals surface area (Å²) in [5, 5.41) is 5.55. The second kappa shape index (κ2) is 5.74. The maximum absolute atomic E-state index is 6.03. The van der Waals surface area contributed by atoms with Crippen molar-refractivity contribution in [3.63, 3.8) is 0 Å². The Morgan fingerprint density at radius 3 is 2.71 bits per heavy atom. The summed E-state index contributed by atoms with van der Waals surface area (Å²) in [6.07, 6.45) is 4.57. The van der Waals surface area contributed by atoms with Crippen molar-refractivity contribution in [1.29, 1.82) is 0 Å². The van der Waals surface area contributed by atoms with E-state index in [-0.39, 0.29) is 0 Å². The van der Waals surface area contributed by atoms with E-state index in [0.717, 1.165) is 38.7 Å². The van der Waals surface area contributed by atoms with Crippen LogP contribution in [-0.4, -0.2) is 4.98 Å². The molecule has 0 saturated heterocycles. The summed E-state index contributed by atoms with van der Waals surface area (Å²) in [6, 6.07) is 12.1. The van der Waals surface area contributed by atoms with Gasteiger partial charge in [-0.2, -0.15) is 0 Å². The van der Waals surface area contributed by atoms with Crippen LogP contribution in [0.1, 0.15) is 12.5 Å². The molecule has 21 heavy (non-hydrogen) atoms. The molecular weight excluding hydrogens is 326 g/mol. The third-order valence-electron chi connectivity index (χ3n) is 3.57. The number of aromatic nitrogens is 1. The molecule has 1 aromatic heterocycles. The van der Waals surface area contributed by atoms with Gasteiger partial charge >= 0.3 is 0 Å². The summed E-state index contributed by atoms with van der Waals surface area (Å²) in [7, 11) is 0. The molecule has 0 aliphatic heterocycles. The van der Waals surface area contributed by atoms with E-state index < -0.39 is 0 Å². The van der Waals surface area contributed by atoms with Crippen LogP contribution in [0.4, 0.5) is 17.1 Å². The number of pyridine rings is 1. The van der Waals surface area contributed by atoms with Crippen LogP contribution in [0.5, 0.6) is 0 Å². The lowest BCUT2D eigenvalue weighted by molar-refractivity contribution is 1.14. The average Bonchev–Trinajstić information content (AvgIpc) is 2.52. The molecule has 2 aromatic carbocycles. The van der Waals surface area contributed by atoms with E-state index in [1.165, 1.54) is 5.56 Å². The van der Waals surface area contributed by atoms with Crippen molar-refractivity contribution in [3.05, 3.63) is 58.8 Å². The van der Waals surface area contributed by atoms with Gasteiger partial charge in [0.1, 0.15) is 0 Å². The number of nitrogens with two attached hydrogens (primary N) is 1. The second-order valence-corrected chi connectivity index (χ2v) is 5.82. The van der Waals surface area contributed by atoms with Gasteiger partial charge in [-0.05, 0) is 48.4 Å². The van der Waals surface area contributed by atoms with Crippen LogP contribution in [-0.2, 0) is 6.42 Å². The Bertz CT molecular complexity index is 799. The molecule has 3 N–H and O–H groups in total. The number of fused-ring (bicyclic) bond motifs is 1. The Labute approximate surface area is 132 Å². The number of rotatable bonds is 3. The molecule has 3 aromatic rings. The van der Waals surface area contributed by atoms with E-state index in [9.17, 15) is 0 Å². The molecule has 0 bridgehead atoms. The average molecular weight is 342 g/mol. The molecule has 0 amide bonds. The number of aryl methyl sites for hydroxylation is 1. The molecular formula is C17H16BrN3. The molecule has 1 heterocycles. The normalized spacial score (nSPS) is 10.8. The number of anilines is 3. The van der Waals surface area contributed by atoms with Gasteiger partial charge in [-0.3, -0.25) is 4.98 Å². The highest BCUT2D eigenvalue weighted by Crippen LogP contribution is 2.31. The highest BCUT2D eigenvalue weighted by atomic mass is 79.9. The van der Waals surface area contributed by atoms with E-state index in [1.54, 1.807) is 6.20 Å². The molecule has 0 unspecified atom stereocenters.